The lowest BCUT2D eigenvalue weighted by atomic mass is 10.1. The van der Waals surface area contributed by atoms with Crippen LogP contribution in [0.3, 0.4) is 0 Å². The molecule has 0 aliphatic rings. The van der Waals surface area contributed by atoms with Crippen LogP contribution in [0.5, 0.6) is 0 Å². The first kappa shape index (κ1) is 11.0. The number of thioether (sulfide) groups is 1. The molecular weight excluding hydrogens is 252 g/mol. The Hall–Kier alpha value is -2.15. The first-order valence-electron chi connectivity index (χ1n) is 5.12. The lowest BCUT2D eigenvalue weighted by Gasteiger charge is -1.99. The molecule has 0 spiro atoms. The number of aromatic carboxylic acids is 1. The second-order valence-electron chi connectivity index (χ2n) is 3.66. The minimum atomic E-state index is -1.03. The number of H-pyrrole nitrogens is 1. The second kappa shape index (κ2) is 3.95. The standard InChI is InChI=1S/C11H8N4O2S/c1-18-11-12-4-5-2-3-6-8(7(5)13-11)14-15-9(6)10(16)17/h2-4H,1H3,(H,14,15)(H,16,17). The highest BCUT2D eigenvalue weighted by Gasteiger charge is 2.15. The zero-order valence-electron chi connectivity index (χ0n) is 9.34. The predicted molar refractivity (Wildman–Crippen MR) is 67.9 cm³/mol. The summed E-state index contributed by atoms with van der Waals surface area (Å²) < 4.78 is 0. The van der Waals surface area contributed by atoms with Crippen molar-refractivity contribution in [2.45, 2.75) is 5.16 Å². The Morgan fingerprint density at radius 2 is 2.22 bits per heavy atom. The van der Waals surface area contributed by atoms with Crippen LogP contribution in [0.25, 0.3) is 21.8 Å². The molecule has 2 heterocycles. The fourth-order valence-corrected chi connectivity index (χ4v) is 2.16. The van der Waals surface area contributed by atoms with Crippen molar-refractivity contribution in [3.63, 3.8) is 0 Å². The smallest absolute Gasteiger partial charge is 0.354 e. The molecule has 7 heteroatoms. The average Bonchev–Trinajstić information content (AvgIpc) is 2.82. The first-order valence-corrected chi connectivity index (χ1v) is 6.34. The van der Waals surface area contributed by atoms with Gasteiger partial charge in [-0.3, -0.25) is 5.10 Å². The van der Waals surface area contributed by atoms with Crippen LogP contribution >= 0.6 is 11.8 Å². The maximum Gasteiger partial charge on any atom is 0.354 e. The minimum Gasteiger partial charge on any atom is -0.477 e. The highest BCUT2D eigenvalue weighted by Crippen LogP contribution is 2.25. The number of carboxylic acid groups (broad SMARTS) is 1. The zero-order chi connectivity index (χ0) is 12.7. The molecule has 18 heavy (non-hydrogen) atoms. The van der Waals surface area contributed by atoms with E-state index in [1.54, 1.807) is 18.3 Å². The van der Waals surface area contributed by atoms with Gasteiger partial charge in [-0.25, -0.2) is 14.8 Å². The molecule has 1 aromatic carbocycles. The Kier molecular flexibility index (Phi) is 2.41. The summed E-state index contributed by atoms with van der Waals surface area (Å²) in [6.45, 7) is 0. The highest BCUT2D eigenvalue weighted by atomic mass is 32.2. The number of carboxylic acids is 1. The van der Waals surface area contributed by atoms with Gasteiger partial charge in [-0.15, -0.1) is 0 Å². The van der Waals surface area contributed by atoms with Crippen molar-refractivity contribution in [2.75, 3.05) is 6.26 Å². The van der Waals surface area contributed by atoms with E-state index < -0.39 is 5.97 Å². The van der Waals surface area contributed by atoms with Gasteiger partial charge in [0.25, 0.3) is 0 Å². The maximum atomic E-state index is 11.0. The number of hydrogen-bond acceptors (Lipinski definition) is 5. The molecule has 0 saturated heterocycles. The van der Waals surface area contributed by atoms with Crippen LogP contribution in [-0.2, 0) is 0 Å². The van der Waals surface area contributed by atoms with Gasteiger partial charge in [0.1, 0.15) is 11.0 Å². The fraction of sp³-hybridized carbons (Fsp3) is 0.0909. The molecule has 6 nitrogen and oxygen atoms in total. The summed E-state index contributed by atoms with van der Waals surface area (Å²) in [5, 5.41) is 17.6. The number of nitrogens with zero attached hydrogens (tertiary/aromatic N) is 3. The Morgan fingerprint density at radius 1 is 1.39 bits per heavy atom. The van der Waals surface area contributed by atoms with Gasteiger partial charge >= 0.3 is 5.97 Å². The maximum absolute atomic E-state index is 11.0. The molecule has 0 fully saturated rings. The van der Waals surface area contributed by atoms with Crippen LogP contribution in [0.4, 0.5) is 0 Å². The second-order valence-corrected chi connectivity index (χ2v) is 4.43. The van der Waals surface area contributed by atoms with Crippen LogP contribution < -0.4 is 0 Å². The van der Waals surface area contributed by atoms with Crippen LogP contribution in [0.1, 0.15) is 10.5 Å². The van der Waals surface area contributed by atoms with Gasteiger partial charge in [-0.2, -0.15) is 5.10 Å². The molecule has 0 bridgehead atoms. The van der Waals surface area contributed by atoms with Gasteiger partial charge in [-0.05, 0) is 12.3 Å². The monoisotopic (exact) mass is 260 g/mol. The van der Waals surface area contributed by atoms with Crippen LogP contribution in [0, 0.1) is 0 Å². The summed E-state index contributed by atoms with van der Waals surface area (Å²) >= 11 is 1.43. The summed E-state index contributed by atoms with van der Waals surface area (Å²) in [4.78, 5) is 19.6. The average molecular weight is 260 g/mol. The van der Waals surface area contributed by atoms with Crippen molar-refractivity contribution in [1.29, 1.82) is 0 Å². The van der Waals surface area contributed by atoms with Crippen LogP contribution in [-0.4, -0.2) is 37.5 Å². The normalized spacial score (nSPS) is 11.2. The van der Waals surface area contributed by atoms with E-state index in [1.165, 1.54) is 11.8 Å². The highest BCUT2D eigenvalue weighted by molar-refractivity contribution is 7.98. The summed E-state index contributed by atoms with van der Waals surface area (Å²) in [6.07, 6.45) is 3.59. The Balaban J connectivity index is 2.41. The number of fused-ring (bicyclic) bond motifs is 3. The number of aromatic amines is 1. The molecule has 2 aromatic heterocycles. The van der Waals surface area contributed by atoms with E-state index in [0.717, 1.165) is 5.39 Å². The third-order valence-corrected chi connectivity index (χ3v) is 3.21. The molecule has 3 rings (SSSR count). The number of rotatable bonds is 2. The van der Waals surface area contributed by atoms with Gasteiger partial charge in [0.15, 0.2) is 10.9 Å². The molecule has 0 saturated carbocycles. The van der Waals surface area contributed by atoms with E-state index in [0.29, 0.717) is 21.6 Å². The van der Waals surface area contributed by atoms with Crippen molar-refractivity contribution >= 4 is 39.5 Å². The summed E-state index contributed by atoms with van der Waals surface area (Å²) in [6, 6.07) is 3.51. The van der Waals surface area contributed by atoms with Crippen LogP contribution in [0.15, 0.2) is 23.5 Å². The molecule has 3 aromatic rings. The largest absolute Gasteiger partial charge is 0.477 e. The topological polar surface area (TPSA) is 91.8 Å². The minimum absolute atomic E-state index is 0.0798. The molecule has 0 amide bonds. The molecule has 90 valence electrons. The zero-order valence-corrected chi connectivity index (χ0v) is 10.2. The van der Waals surface area contributed by atoms with E-state index >= 15 is 0 Å². The van der Waals surface area contributed by atoms with Gasteiger partial charge in [-0.1, -0.05) is 17.8 Å². The van der Waals surface area contributed by atoms with Crippen molar-refractivity contribution < 1.29 is 9.90 Å². The molecule has 0 aliphatic carbocycles. The number of nitrogens with one attached hydrogen (secondary N) is 1. The number of aromatic nitrogens is 4. The predicted octanol–water partition coefficient (Wildman–Crippen LogP) is 1.93. The van der Waals surface area contributed by atoms with E-state index in [4.69, 9.17) is 5.11 Å². The van der Waals surface area contributed by atoms with Crippen molar-refractivity contribution in [2.24, 2.45) is 0 Å². The van der Waals surface area contributed by atoms with E-state index in [2.05, 4.69) is 20.2 Å². The quantitative estimate of drug-likeness (QED) is 0.540. The van der Waals surface area contributed by atoms with Crippen molar-refractivity contribution in [1.82, 2.24) is 20.2 Å². The molecule has 0 atom stereocenters. The van der Waals surface area contributed by atoms with Gasteiger partial charge < -0.3 is 5.11 Å². The lowest BCUT2D eigenvalue weighted by Crippen LogP contribution is -1.96. The van der Waals surface area contributed by atoms with Crippen molar-refractivity contribution in [3.05, 3.63) is 24.0 Å². The summed E-state index contributed by atoms with van der Waals surface area (Å²) in [7, 11) is 0. The SMILES string of the molecule is CSc1ncc2ccc3c(C(=O)O)[nH]nc3c2n1. The molecular formula is C11H8N4O2S. The van der Waals surface area contributed by atoms with Gasteiger partial charge in [0.2, 0.25) is 0 Å². The Bertz CT molecular complexity index is 768. The van der Waals surface area contributed by atoms with Gasteiger partial charge in [0.05, 0.1) is 0 Å². The fourth-order valence-electron chi connectivity index (χ4n) is 1.81. The Labute approximate surface area is 105 Å². The lowest BCUT2D eigenvalue weighted by molar-refractivity contribution is 0.0692. The Morgan fingerprint density at radius 3 is 2.94 bits per heavy atom. The van der Waals surface area contributed by atoms with E-state index in [-0.39, 0.29) is 5.69 Å². The third kappa shape index (κ3) is 1.52. The van der Waals surface area contributed by atoms with E-state index in [1.807, 2.05) is 6.26 Å². The van der Waals surface area contributed by atoms with Crippen LogP contribution in [0.2, 0.25) is 0 Å². The first-order chi connectivity index (χ1) is 8.70. The summed E-state index contributed by atoms with van der Waals surface area (Å²) in [5.41, 5.74) is 1.30. The molecule has 0 unspecified atom stereocenters. The molecule has 0 aliphatic heterocycles. The number of carbonyl (C=O) groups is 1. The number of benzene rings is 1. The summed E-state index contributed by atoms with van der Waals surface area (Å²) in [5.74, 6) is -1.03. The molecule has 2 N–H and O–H groups in total. The van der Waals surface area contributed by atoms with Crippen molar-refractivity contribution in [3.8, 4) is 0 Å². The van der Waals surface area contributed by atoms with Gasteiger partial charge in [0, 0.05) is 17.0 Å². The molecule has 0 radical (unpaired) electrons. The third-order valence-electron chi connectivity index (χ3n) is 2.65. The van der Waals surface area contributed by atoms with E-state index in [9.17, 15) is 4.79 Å². The number of hydrogen-bond donors (Lipinski definition) is 2.